The highest BCUT2D eigenvalue weighted by molar-refractivity contribution is 8.15. The molecule has 2 aromatic rings. The summed E-state index contributed by atoms with van der Waals surface area (Å²) in [7, 11) is 1.66. The lowest BCUT2D eigenvalue weighted by atomic mass is 10.2. The van der Waals surface area contributed by atoms with Crippen LogP contribution in [0.15, 0.2) is 28.5 Å². The van der Waals surface area contributed by atoms with Crippen molar-refractivity contribution in [2.75, 3.05) is 26.2 Å². The van der Waals surface area contributed by atoms with Crippen LogP contribution in [0, 0.1) is 6.92 Å². The molecule has 5 nitrogen and oxygen atoms in total. The van der Waals surface area contributed by atoms with Crippen molar-refractivity contribution in [1.82, 2.24) is 9.88 Å². The topological polar surface area (TPSA) is 59.5 Å². The van der Waals surface area contributed by atoms with Crippen molar-refractivity contribution in [3.8, 4) is 16.3 Å². The average molecular weight is 389 g/mol. The van der Waals surface area contributed by atoms with E-state index in [1.165, 1.54) is 0 Å². The van der Waals surface area contributed by atoms with Gasteiger partial charge in [-0.25, -0.2) is 13.4 Å². The molecule has 8 heteroatoms. The molecule has 0 bridgehead atoms. The maximum Gasteiger partial charge on any atom is 0.272 e. The Hall–Kier alpha value is -1.15. The molecule has 0 radical (unpaired) electrons. The minimum absolute atomic E-state index is 0.0960. The maximum absolute atomic E-state index is 11.5. The van der Waals surface area contributed by atoms with Crippen molar-refractivity contribution in [2.24, 2.45) is 0 Å². The molecule has 0 saturated heterocycles. The van der Waals surface area contributed by atoms with Gasteiger partial charge in [0.2, 0.25) is 0 Å². The van der Waals surface area contributed by atoms with Gasteiger partial charge in [0.15, 0.2) is 4.21 Å². The zero-order valence-corrected chi connectivity index (χ0v) is 16.3. The number of thiazole rings is 1. The van der Waals surface area contributed by atoms with Crippen LogP contribution in [0.5, 0.6) is 5.75 Å². The molecule has 0 unspecified atom stereocenters. The van der Waals surface area contributed by atoms with Gasteiger partial charge >= 0.3 is 0 Å². The Morgan fingerprint density at radius 3 is 2.33 bits per heavy atom. The lowest BCUT2D eigenvalue weighted by Gasteiger charge is -2.18. The van der Waals surface area contributed by atoms with E-state index in [2.05, 4.69) is 23.7 Å². The molecule has 0 spiro atoms. The third kappa shape index (κ3) is 4.92. The van der Waals surface area contributed by atoms with Crippen molar-refractivity contribution in [2.45, 2.75) is 25.0 Å². The van der Waals surface area contributed by atoms with Crippen LogP contribution in [0.25, 0.3) is 10.6 Å². The van der Waals surface area contributed by atoms with E-state index in [9.17, 15) is 8.42 Å². The van der Waals surface area contributed by atoms with Crippen molar-refractivity contribution in [1.29, 1.82) is 0 Å². The molecular weight excluding hydrogens is 368 g/mol. The first-order valence-corrected chi connectivity index (χ1v) is 10.9. The molecule has 0 aliphatic rings. The summed E-state index contributed by atoms with van der Waals surface area (Å²) < 4.78 is 28.8. The maximum atomic E-state index is 11.5. The van der Waals surface area contributed by atoms with Gasteiger partial charge in [-0.3, -0.25) is 0 Å². The van der Waals surface area contributed by atoms with E-state index < -0.39 is 9.05 Å². The lowest BCUT2D eigenvalue weighted by Crippen LogP contribution is -2.27. The second-order valence-corrected chi connectivity index (χ2v) is 8.99. The van der Waals surface area contributed by atoms with Crippen LogP contribution >= 0.6 is 22.0 Å². The van der Waals surface area contributed by atoms with Crippen LogP contribution in [-0.2, 0) is 9.05 Å². The summed E-state index contributed by atoms with van der Waals surface area (Å²) >= 11 is 1.07. The van der Waals surface area contributed by atoms with Crippen molar-refractivity contribution in [3.63, 3.8) is 0 Å². The van der Waals surface area contributed by atoms with E-state index in [0.717, 1.165) is 42.3 Å². The number of hydrogen-bond acceptors (Lipinski definition) is 6. The predicted molar refractivity (Wildman–Crippen MR) is 98.6 cm³/mol. The first-order valence-electron chi connectivity index (χ1n) is 7.72. The summed E-state index contributed by atoms with van der Waals surface area (Å²) in [6, 6.07) is 7.47. The highest BCUT2D eigenvalue weighted by atomic mass is 35.7. The molecule has 1 heterocycles. The number of ether oxygens (including phenoxy) is 1. The molecular formula is C16H21ClN2O3S2. The van der Waals surface area contributed by atoms with Crippen LogP contribution in [0.3, 0.4) is 0 Å². The van der Waals surface area contributed by atoms with Gasteiger partial charge in [-0.2, -0.15) is 0 Å². The Labute approximate surface area is 151 Å². The largest absolute Gasteiger partial charge is 0.492 e. The molecule has 1 aromatic heterocycles. The molecule has 2 rings (SSSR count). The van der Waals surface area contributed by atoms with Crippen LogP contribution in [0.2, 0.25) is 0 Å². The molecule has 1 aromatic carbocycles. The smallest absolute Gasteiger partial charge is 0.272 e. The zero-order valence-electron chi connectivity index (χ0n) is 14.0. The molecule has 0 amide bonds. The summed E-state index contributed by atoms with van der Waals surface area (Å²) in [4.78, 5) is 6.58. The lowest BCUT2D eigenvalue weighted by molar-refractivity contribution is 0.223. The van der Waals surface area contributed by atoms with Crippen molar-refractivity contribution >= 4 is 31.1 Å². The minimum atomic E-state index is -3.76. The number of rotatable bonds is 8. The van der Waals surface area contributed by atoms with Gasteiger partial charge in [0.1, 0.15) is 17.4 Å². The fraction of sp³-hybridized carbons (Fsp3) is 0.438. The summed E-state index contributed by atoms with van der Waals surface area (Å²) in [6.45, 7) is 9.43. The number of likely N-dealkylation sites (N-methyl/N-ethyl adjacent to an activating group) is 1. The van der Waals surface area contributed by atoms with Crippen LogP contribution in [0.1, 0.15) is 19.5 Å². The molecule has 0 fully saturated rings. The minimum Gasteiger partial charge on any atom is -0.492 e. The van der Waals surface area contributed by atoms with E-state index in [1.54, 1.807) is 6.92 Å². The third-order valence-corrected chi connectivity index (χ3v) is 7.03. The Morgan fingerprint density at radius 1 is 1.21 bits per heavy atom. The molecule has 0 saturated carbocycles. The van der Waals surface area contributed by atoms with Crippen LogP contribution < -0.4 is 4.74 Å². The van der Waals surface area contributed by atoms with Gasteiger partial charge < -0.3 is 9.64 Å². The number of aryl methyl sites for hydroxylation is 1. The molecule has 132 valence electrons. The fourth-order valence-corrected chi connectivity index (χ4v) is 4.72. The number of benzene rings is 1. The predicted octanol–water partition coefficient (Wildman–Crippen LogP) is 3.77. The van der Waals surface area contributed by atoms with Crippen molar-refractivity contribution < 1.29 is 13.2 Å². The molecule has 0 N–H and O–H groups in total. The third-order valence-electron chi connectivity index (χ3n) is 3.65. The first-order chi connectivity index (χ1) is 11.3. The van der Waals surface area contributed by atoms with E-state index in [0.29, 0.717) is 17.3 Å². The highest BCUT2D eigenvalue weighted by Gasteiger charge is 2.19. The van der Waals surface area contributed by atoms with Gasteiger partial charge in [-0.05, 0) is 44.3 Å². The van der Waals surface area contributed by atoms with Gasteiger partial charge in [-0.1, -0.05) is 13.8 Å². The summed E-state index contributed by atoms with van der Waals surface area (Å²) in [5.74, 6) is 0.782. The normalized spacial score (nSPS) is 11.9. The van der Waals surface area contributed by atoms with Gasteiger partial charge in [0.05, 0.1) is 5.69 Å². The number of hydrogen-bond donors (Lipinski definition) is 0. The Bertz CT molecular complexity index is 769. The molecule has 0 aliphatic carbocycles. The zero-order chi connectivity index (χ0) is 17.7. The quantitative estimate of drug-likeness (QED) is 0.644. The number of aromatic nitrogens is 1. The van der Waals surface area contributed by atoms with E-state index in [4.69, 9.17) is 15.4 Å². The Balaban J connectivity index is 2.05. The van der Waals surface area contributed by atoms with Crippen LogP contribution in [0.4, 0.5) is 0 Å². The Morgan fingerprint density at radius 2 is 1.83 bits per heavy atom. The fourth-order valence-electron chi connectivity index (χ4n) is 2.26. The number of nitrogens with zero attached hydrogens (tertiary/aromatic N) is 2. The monoisotopic (exact) mass is 388 g/mol. The number of halogens is 1. The molecule has 0 atom stereocenters. The Kier molecular flexibility index (Phi) is 6.62. The van der Waals surface area contributed by atoms with Crippen molar-refractivity contribution in [3.05, 3.63) is 30.0 Å². The SMILES string of the molecule is CCN(CC)CCOc1ccc(-c2nc(C)c(S(=O)(=O)Cl)s2)cc1. The summed E-state index contributed by atoms with van der Waals surface area (Å²) in [5.41, 5.74) is 1.26. The molecule has 0 aliphatic heterocycles. The summed E-state index contributed by atoms with van der Waals surface area (Å²) in [5, 5.41) is 0.626. The summed E-state index contributed by atoms with van der Waals surface area (Å²) in [6.07, 6.45) is 0. The van der Waals surface area contributed by atoms with E-state index in [-0.39, 0.29) is 4.21 Å². The second-order valence-electron chi connectivity index (χ2n) is 5.23. The first kappa shape index (κ1) is 19.2. The van der Waals surface area contributed by atoms with Gasteiger partial charge in [-0.15, -0.1) is 11.3 Å². The van der Waals surface area contributed by atoms with E-state index >= 15 is 0 Å². The molecule has 24 heavy (non-hydrogen) atoms. The average Bonchev–Trinajstić information content (AvgIpc) is 2.94. The van der Waals surface area contributed by atoms with E-state index in [1.807, 2.05) is 24.3 Å². The van der Waals surface area contributed by atoms with Crippen LogP contribution in [-0.4, -0.2) is 44.5 Å². The standard InChI is InChI=1S/C16H21ClN2O3S2/c1-4-19(5-2)10-11-22-14-8-6-13(7-9-14)15-18-12(3)16(23-15)24(17,20)21/h6-9H,4-5,10-11H2,1-3H3. The second kappa shape index (κ2) is 8.29. The highest BCUT2D eigenvalue weighted by Crippen LogP contribution is 2.33. The van der Waals surface area contributed by atoms with Gasteiger partial charge in [0.25, 0.3) is 9.05 Å². The van der Waals surface area contributed by atoms with Gasteiger partial charge in [0, 0.05) is 22.8 Å².